The molecule has 0 radical (unpaired) electrons. The number of aromatic nitrogens is 3. The number of para-hydroxylation sites is 1. The molecular formula is C21H23N5O2. The number of fused-ring (bicyclic) bond motifs is 3. The highest BCUT2D eigenvalue weighted by Crippen LogP contribution is 2.35. The maximum absolute atomic E-state index is 12.4. The second-order valence-corrected chi connectivity index (χ2v) is 7.70. The Hall–Kier alpha value is -2.93. The summed E-state index contributed by atoms with van der Waals surface area (Å²) >= 11 is 0. The van der Waals surface area contributed by atoms with Gasteiger partial charge in [-0.2, -0.15) is 0 Å². The van der Waals surface area contributed by atoms with Crippen molar-refractivity contribution in [2.24, 2.45) is 0 Å². The first-order chi connectivity index (χ1) is 13.6. The minimum Gasteiger partial charge on any atom is -0.394 e. The number of aromatic amines is 1. The maximum Gasteiger partial charge on any atom is 0.253 e. The van der Waals surface area contributed by atoms with E-state index >= 15 is 0 Å². The summed E-state index contributed by atoms with van der Waals surface area (Å²) in [6.45, 7) is 2.61. The van der Waals surface area contributed by atoms with Gasteiger partial charge in [0.1, 0.15) is 11.3 Å². The van der Waals surface area contributed by atoms with Crippen molar-refractivity contribution in [3.05, 3.63) is 41.2 Å². The van der Waals surface area contributed by atoms with Crippen LogP contribution in [0, 0.1) is 6.92 Å². The van der Waals surface area contributed by atoms with Crippen LogP contribution in [0.4, 0.5) is 5.82 Å². The number of benzene rings is 1. The molecule has 0 aliphatic carbocycles. The molecule has 4 N–H and O–H groups in total. The van der Waals surface area contributed by atoms with Crippen molar-refractivity contribution in [3.63, 3.8) is 0 Å². The van der Waals surface area contributed by atoms with Gasteiger partial charge >= 0.3 is 0 Å². The molecule has 4 heterocycles. The molecule has 0 spiro atoms. The largest absolute Gasteiger partial charge is 0.394 e. The van der Waals surface area contributed by atoms with Gasteiger partial charge in [-0.05, 0) is 31.9 Å². The van der Waals surface area contributed by atoms with E-state index in [1.165, 1.54) is 0 Å². The first kappa shape index (κ1) is 17.2. The summed E-state index contributed by atoms with van der Waals surface area (Å²) in [7, 11) is 0. The van der Waals surface area contributed by atoms with E-state index in [4.69, 9.17) is 9.97 Å². The summed E-state index contributed by atoms with van der Waals surface area (Å²) in [5.41, 5.74) is 5.94. The number of carbonyl (C=O) groups excluding carboxylic acids is 1. The fourth-order valence-electron chi connectivity index (χ4n) is 4.32. The van der Waals surface area contributed by atoms with E-state index in [2.05, 4.69) is 15.6 Å². The van der Waals surface area contributed by atoms with E-state index in [-0.39, 0.29) is 24.5 Å². The topological polar surface area (TPSA) is 103 Å². The molecule has 1 aromatic carbocycles. The highest BCUT2D eigenvalue weighted by molar-refractivity contribution is 6.00. The highest BCUT2D eigenvalue weighted by Gasteiger charge is 2.29. The predicted molar refractivity (Wildman–Crippen MR) is 107 cm³/mol. The Morgan fingerprint density at radius 1 is 1.21 bits per heavy atom. The lowest BCUT2D eigenvalue weighted by Crippen LogP contribution is -2.34. The van der Waals surface area contributed by atoms with Crippen LogP contribution in [0.2, 0.25) is 0 Å². The summed E-state index contributed by atoms with van der Waals surface area (Å²) < 4.78 is 0. The van der Waals surface area contributed by atoms with Crippen molar-refractivity contribution in [1.29, 1.82) is 0 Å². The van der Waals surface area contributed by atoms with Crippen LogP contribution < -0.4 is 10.6 Å². The fraction of sp³-hybridized carbons (Fsp3) is 0.381. The van der Waals surface area contributed by atoms with Crippen LogP contribution >= 0.6 is 0 Å². The number of H-pyrrole nitrogens is 1. The molecule has 1 amide bonds. The number of hydrogen-bond donors (Lipinski definition) is 4. The quantitative estimate of drug-likeness (QED) is 0.522. The van der Waals surface area contributed by atoms with Crippen LogP contribution in [0.15, 0.2) is 24.3 Å². The molecule has 2 unspecified atom stereocenters. The zero-order valence-corrected chi connectivity index (χ0v) is 15.7. The Labute approximate surface area is 162 Å². The third-order valence-electron chi connectivity index (χ3n) is 5.84. The molecule has 2 aromatic heterocycles. The maximum atomic E-state index is 12.4. The average Bonchev–Trinajstić information content (AvgIpc) is 3.14. The summed E-state index contributed by atoms with van der Waals surface area (Å²) in [4.78, 5) is 25.5. The average molecular weight is 377 g/mol. The fourth-order valence-corrected chi connectivity index (χ4v) is 4.32. The second kappa shape index (κ2) is 6.60. The molecule has 2 atom stereocenters. The number of rotatable bonds is 1. The molecule has 2 aliphatic rings. The summed E-state index contributed by atoms with van der Waals surface area (Å²) in [6, 6.07) is 7.77. The first-order valence-corrected chi connectivity index (χ1v) is 9.80. The zero-order valence-electron chi connectivity index (χ0n) is 15.7. The zero-order chi connectivity index (χ0) is 19.3. The molecule has 28 heavy (non-hydrogen) atoms. The Bertz CT molecular complexity index is 1070. The van der Waals surface area contributed by atoms with Crippen LogP contribution in [-0.2, 0) is 0 Å². The highest BCUT2D eigenvalue weighted by atomic mass is 16.3. The molecule has 5 rings (SSSR count). The van der Waals surface area contributed by atoms with E-state index in [1.807, 2.05) is 31.2 Å². The van der Waals surface area contributed by atoms with Crippen molar-refractivity contribution in [3.8, 4) is 11.3 Å². The molecule has 144 valence electrons. The number of anilines is 1. The number of carbonyl (C=O) groups is 1. The van der Waals surface area contributed by atoms with E-state index in [1.54, 1.807) is 0 Å². The van der Waals surface area contributed by atoms with Crippen LogP contribution in [0.5, 0.6) is 0 Å². The van der Waals surface area contributed by atoms with Gasteiger partial charge in [-0.15, -0.1) is 0 Å². The molecular weight excluding hydrogens is 354 g/mol. The number of aliphatic hydroxyl groups is 1. The number of hydrogen-bond acceptors (Lipinski definition) is 5. The third kappa shape index (κ3) is 2.74. The second-order valence-electron chi connectivity index (χ2n) is 7.70. The van der Waals surface area contributed by atoms with Gasteiger partial charge in [0, 0.05) is 29.4 Å². The van der Waals surface area contributed by atoms with Crippen LogP contribution in [0.1, 0.15) is 46.9 Å². The lowest BCUT2D eigenvalue weighted by molar-refractivity contribution is 0.0939. The van der Waals surface area contributed by atoms with Crippen molar-refractivity contribution in [1.82, 2.24) is 20.3 Å². The lowest BCUT2D eigenvalue weighted by atomic mass is 9.91. The van der Waals surface area contributed by atoms with E-state index in [0.717, 1.165) is 58.5 Å². The van der Waals surface area contributed by atoms with Crippen molar-refractivity contribution < 1.29 is 9.90 Å². The minimum atomic E-state index is -0.0747. The molecule has 0 fully saturated rings. The van der Waals surface area contributed by atoms with E-state index in [9.17, 15) is 9.90 Å². The number of amides is 1. The van der Waals surface area contributed by atoms with Gasteiger partial charge in [0.05, 0.1) is 29.4 Å². The van der Waals surface area contributed by atoms with E-state index in [0.29, 0.717) is 12.4 Å². The lowest BCUT2D eigenvalue weighted by Gasteiger charge is -2.24. The number of nitrogens with zero attached hydrogens (tertiary/aromatic N) is 2. The van der Waals surface area contributed by atoms with Crippen molar-refractivity contribution in [2.75, 3.05) is 18.5 Å². The Morgan fingerprint density at radius 2 is 2.11 bits per heavy atom. The normalized spacial score (nSPS) is 21.4. The third-order valence-corrected chi connectivity index (χ3v) is 5.84. The monoisotopic (exact) mass is 377 g/mol. The molecule has 2 aliphatic heterocycles. The van der Waals surface area contributed by atoms with Crippen LogP contribution in [0.3, 0.4) is 0 Å². The van der Waals surface area contributed by atoms with Crippen molar-refractivity contribution in [2.45, 2.75) is 38.1 Å². The summed E-state index contributed by atoms with van der Waals surface area (Å²) in [5, 5.41) is 16.2. The van der Waals surface area contributed by atoms with Gasteiger partial charge < -0.3 is 20.7 Å². The molecule has 0 saturated heterocycles. The van der Waals surface area contributed by atoms with Crippen LogP contribution in [-0.4, -0.2) is 45.2 Å². The van der Waals surface area contributed by atoms with Gasteiger partial charge in [-0.3, -0.25) is 4.79 Å². The van der Waals surface area contributed by atoms with Crippen LogP contribution in [0.25, 0.3) is 22.3 Å². The summed E-state index contributed by atoms with van der Waals surface area (Å²) in [6.07, 6.45) is 2.71. The number of aliphatic hydroxyl groups excluding tert-OH is 1. The SMILES string of the molecule is Cc1nc2cccc3c2nc1NC(CO)CCCC1CNC(=O)c2cc-3[nH]c21. The van der Waals surface area contributed by atoms with Crippen molar-refractivity contribution >= 4 is 22.8 Å². The molecule has 7 nitrogen and oxygen atoms in total. The first-order valence-electron chi connectivity index (χ1n) is 9.80. The van der Waals surface area contributed by atoms with Gasteiger partial charge in [-0.1, -0.05) is 18.6 Å². The molecule has 4 bridgehead atoms. The summed E-state index contributed by atoms with van der Waals surface area (Å²) in [5.74, 6) is 0.918. The van der Waals surface area contributed by atoms with Gasteiger partial charge in [0.15, 0.2) is 0 Å². The van der Waals surface area contributed by atoms with Gasteiger partial charge in [0.2, 0.25) is 0 Å². The molecule has 3 aromatic rings. The Balaban J connectivity index is 1.75. The molecule has 7 heteroatoms. The van der Waals surface area contributed by atoms with E-state index < -0.39 is 0 Å². The predicted octanol–water partition coefficient (Wildman–Crippen LogP) is 2.72. The Kier molecular flexibility index (Phi) is 4.05. The Morgan fingerprint density at radius 3 is 2.96 bits per heavy atom. The van der Waals surface area contributed by atoms with Gasteiger partial charge in [0.25, 0.3) is 5.91 Å². The van der Waals surface area contributed by atoms with Gasteiger partial charge in [-0.25, -0.2) is 9.97 Å². The minimum absolute atomic E-state index is 0.0291. The smallest absolute Gasteiger partial charge is 0.253 e. The number of nitrogens with one attached hydrogen (secondary N) is 3. The standard InChI is InChI=1S/C21H23N5O2/c1-11-20-24-13(10-27)5-2-4-12-9-22-21(28)15-8-17(25-18(12)15)14-6-3-7-16(23-11)19(14)26-20/h3,6-8,12-13,25,27H,2,4-5,9-10H2,1H3,(H,22,28)(H,24,26). The number of aryl methyl sites for hydroxylation is 1. The molecule has 0 saturated carbocycles.